The molecule has 0 amide bonds. The average molecular weight is 376 g/mol. The third-order valence-electron chi connectivity index (χ3n) is 4.78. The van der Waals surface area contributed by atoms with Gasteiger partial charge in [-0.25, -0.2) is 4.98 Å². The third kappa shape index (κ3) is 2.60. The van der Waals surface area contributed by atoms with E-state index in [0.717, 1.165) is 22.7 Å². The fourth-order valence-electron chi connectivity index (χ4n) is 3.52. The van der Waals surface area contributed by atoms with E-state index < -0.39 is 0 Å². The molecule has 6 heteroatoms. The van der Waals surface area contributed by atoms with Crippen LogP contribution in [0.15, 0.2) is 31.9 Å². The molecule has 120 valence electrons. The van der Waals surface area contributed by atoms with Crippen LogP contribution in [0.25, 0.3) is 22.1 Å². The molecule has 1 aromatic carbocycles. The third-order valence-corrected chi connectivity index (χ3v) is 5.27. The second kappa shape index (κ2) is 5.76. The van der Waals surface area contributed by atoms with E-state index in [4.69, 9.17) is 10.2 Å². The summed E-state index contributed by atoms with van der Waals surface area (Å²) in [5.41, 5.74) is 7.65. The summed E-state index contributed by atoms with van der Waals surface area (Å²) >= 11 is 3.45. The number of hydrogen-bond donors (Lipinski definition) is 2. The van der Waals surface area contributed by atoms with E-state index >= 15 is 0 Å². The summed E-state index contributed by atoms with van der Waals surface area (Å²) in [6.07, 6.45) is 5.87. The van der Waals surface area contributed by atoms with Gasteiger partial charge in [0.1, 0.15) is 16.9 Å². The summed E-state index contributed by atoms with van der Waals surface area (Å²) < 4.78 is 6.57. The molecule has 2 aromatic heterocycles. The van der Waals surface area contributed by atoms with Gasteiger partial charge in [-0.15, -0.1) is 0 Å². The Labute approximate surface area is 141 Å². The van der Waals surface area contributed by atoms with Crippen molar-refractivity contribution in [3.63, 3.8) is 0 Å². The van der Waals surface area contributed by atoms with Crippen LogP contribution in [0, 0.1) is 5.92 Å². The van der Waals surface area contributed by atoms with Crippen molar-refractivity contribution in [1.29, 1.82) is 0 Å². The van der Waals surface area contributed by atoms with Gasteiger partial charge in [0.05, 0.1) is 6.04 Å². The zero-order chi connectivity index (χ0) is 16.0. The fourth-order valence-corrected chi connectivity index (χ4v) is 3.88. The van der Waals surface area contributed by atoms with Gasteiger partial charge in [-0.2, -0.15) is 0 Å². The van der Waals surface area contributed by atoms with Crippen molar-refractivity contribution < 1.29 is 4.42 Å². The summed E-state index contributed by atoms with van der Waals surface area (Å²) in [5.74, 6) is 0.950. The number of nitrogens with zero attached hydrogens (tertiary/aromatic N) is 1. The number of aromatic nitrogens is 2. The number of hydrogen-bond acceptors (Lipinski definition) is 4. The van der Waals surface area contributed by atoms with Crippen molar-refractivity contribution in [2.24, 2.45) is 11.7 Å². The molecular weight excluding hydrogens is 358 g/mol. The molecule has 1 fully saturated rings. The van der Waals surface area contributed by atoms with E-state index in [0.29, 0.717) is 22.8 Å². The van der Waals surface area contributed by atoms with E-state index in [1.165, 1.54) is 19.3 Å². The molecule has 1 atom stereocenters. The second-order valence-electron chi connectivity index (χ2n) is 6.30. The molecule has 0 bridgehead atoms. The lowest BCUT2D eigenvalue weighted by Gasteiger charge is -2.26. The minimum atomic E-state index is -0.261. The van der Waals surface area contributed by atoms with Crippen LogP contribution < -0.4 is 11.3 Å². The van der Waals surface area contributed by atoms with Crippen LogP contribution in [0.3, 0.4) is 0 Å². The summed E-state index contributed by atoms with van der Waals surface area (Å²) in [6.45, 7) is 0. The highest BCUT2D eigenvalue weighted by Gasteiger charge is 2.25. The summed E-state index contributed by atoms with van der Waals surface area (Å²) in [7, 11) is 0. The predicted octanol–water partition coefficient (Wildman–Crippen LogP) is 4.01. The highest BCUT2D eigenvalue weighted by Crippen LogP contribution is 2.33. The summed E-state index contributed by atoms with van der Waals surface area (Å²) in [5, 5.41) is 0.831. The van der Waals surface area contributed by atoms with E-state index in [1.807, 2.05) is 18.2 Å². The molecule has 3 N–H and O–H groups in total. The molecule has 1 saturated carbocycles. The number of halogens is 1. The Morgan fingerprint density at radius 3 is 2.87 bits per heavy atom. The first kappa shape index (κ1) is 14.9. The van der Waals surface area contributed by atoms with Gasteiger partial charge in [0, 0.05) is 9.86 Å². The van der Waals surface area contributed by atoms with Gasteiger partial charge < -0.3 is 15.1 Å². The highest BCUT2D eigenvalue weighted by atomic mass is 79.9. The van der Waals surface area contributed by atoms with Crippen molar-refractivity contribution in [1.82, 2.24) is 9.97 Å². The summed E-state index contributed by atoms with van der Waals surface area (Å²) in [4.78, 5) is 19.9. The molecular formula is C17H18BrN3O2. The smallest absolute Gasteiger partial charge is 0.294 e. The molecule has 2 heterocycles. The normalized spacial score (nSPS) is 17.8. The largest absolute Gasteiger partial charge is 0.449 e. The number of aromatic amines is 1. The molecule has 1 unspecified atom stereocenters. The zero-order valence-electron chi connectivity index (χ0n) is 12.6. The van der Waals surface area contributed by atoms with E-state index in [1.54, 1.807) is 0 Å². The molecule has 5 nitrogen and oxygen atoms in total. The van der Waals surface area contributed by atoms with Gasteiger partial charge in [-0.3, -0.25) is 4.79 Å². The molecule has 3 aromatic rings. The van der Waals surface area contributed by atoms with Crippen LogP contribution in [0.5, 0.6) is 0 Å². The van der Waals surface area contributed by atoms with Crippen molar-refractivity contribution in [2.75, 3.05) is 0 Å². The van der Waals surface area contributed by atoms with Crippen molar-refractivity contribution in [3.05, 3.63) is 38.9 Å². The van der Waals surface area contributed by atoms with Crippen LogP contribution in [-0.2, 0) is 0 Å². The predicted molar refractivity (Wildman–Crippen MR) is 93.3 cm³/mol. The van der Waals surface area contributed by atoms with Gasteiger partial charge in [0.2, 0.25) is 5.58 Å². The van der Waals surface area contributed by atoms with Crippen LogP contribution in [-0.4, -0.2) is 9.97 Å². The quantitative estimate of drug-likeness (QED) is 0.708. The maximum Gasteiger partial charge on any atom is 0.294 e. The Balaban J connectivity index is 1.86. The van der Waals surface area contributed by atoms with Crippen LogP contribution in [0.1, 0.15) is 44.0 Å². The van der Waals surface area contributed by atoms with Crippen LogP contribution in [0.2, 0.25) is 0 Å². The van der Waals surface area contributed by atoms with Gasteiger partial charge in [-0.1, -0.05) is 35.2 Å². The Bertz CT molecular complexity index is 925. The first-order chi connectivity index (χ1) is 11.1. The van der Waals surface area contributed by atoms with Gasteiger partial charge in [0.15, 0.2) is 0 Å². The lowest BCUT2D eigenvalue weighted by atomic mass is 9.84. The SMILES string of the molecule is NC(c1nc2c(oc3ccc(Br)cc32)c(=O)[nH]1)C1CCCCC1. The molecule has 0 radical (unpaired) electrons. The number of nitrogens with two attached hydrogens (primary N) is 1. The molecule has 4 rings (SSSR count). The number of rotatable bonds is 2. The molecule has 0 aliphatic heterocycles. The highest BCUT2D eigenvalue weighted by molar-refractivity contribution is 9.10. The van der Waals surface area contributed by atoms with Crippen LogP contribution >= 0.6 is 15.9 Å². The topological polar surface area (TPSA) is 84.9 Å². The Hall–Kier alpha value is -1.66. The van der Waals surface area contributed by atoms with Crippen molar-refractivity contribution in [3.8, 4) is 0 Å². The molecule has 1 aliphatic carbocycles. The second-order valence-corrected chi connectivity index (χ2v) is 7.21. The Morgan fingerprint density at radius 1 is 1.30 bits per heavy atom. The number of fused-ring (bicyclic) bond motifs is 3. The minimum Gasteiger partial charge on any atom is -0.449 e. The Kier molecular flexibility index (Phi) is 3.73. The average Bonchev–Trinajstić information content (AvgIpc) is 2.93. The monoisotopic (exact) mass is 375 g/mol. The molecule has 23 heavy (non-hydrogen) atoms. The summed E-state index contributed by atoms with van der Waals surface area (Å²) in [6, 6.07) is 5.41. The van der Waals surface area contributed by atoms with Gasteiger partial charge in [-0.05, 0) is 37.0 Å². The van der Waals surface area contributed by atoms with E-state index in [-0.39, 0.29) is 17.2 Å². The van der Waals surface area contributed by atoms with Crippen molar-refractivity contribution in [2.45, 2.75) is 38.1 Å². The molecule has 0 saturated heterocycles. The van der Waals surface area contributed by atoms with E-state index in [9.17, 15) is 4.79 Å². The Morgan fingerprint density at radius 2 is 2.09 bits per heavy atom. The van der Waals surface area contributed by atoms with Crippen LogP contribution in [0.4, 0.5) is 0 Å². The number of benzene rings is 1. The lowest BCUT2D eigenvalue weighted by Crippen LogP contribution is -2.27. The lowest BCUT2D eigenvalue weighted by molar-refractivity contribution is 0.301. The molecule has 0 spiro atoms. The van der Waals surface area contributed by atoms with E-state index in [2.05, 4.69) is 25.9 Å². The van der Waals surface area contributed by atoms with Crippen molar-refractivity contribution >= 4 is 38.0 Å². The first-order valence-electron chi connectivity index (χ1n) is 8.01. The fraction of sp³-hybridized carbons (Fsp3) is 0.412. The standard InChI is InChI=1S/C17H18BrN3O2/c18-10-6-7-12-11(8-10)14-15(23-12)17(22)21-16(20-14)13(19)9-4-2-1-3-5-9/h6-9,13H,1-5,19H2,(H,20,21,22). The maximum absolute atomic E-state index is 12.4. The van der Waals surface area contributed by atoms with Gasteiger partial charge >= 0.3 is 0 Å². The molecule has 1 aliphatic rings. The maximum atomic E-state index is 12.4. The first-order valence-corrected chi connectivity index (χ1v) is 8.80. The number of nitrogens with one attached hydrogen (secondary N) is 1. The minimum absolute atomic E-state index is 0.232. The zero-order valence-corrected chi connectivity index (χ0v) is 14.2. The number of H-pyrrole nitrogens is 1. The van der Waals surface area contributed by atoms with Gasteiger partial charge in [0.25, 0.3) is 5.56 Å². The number of furan rings is 1.